The summed E-state index contributed by atoms with van der Waals surface area (Å²) in [5.74, 6) is -1.93. The molecule has 1 N–H and O–H groups in total. The summed E-state index contributed by atoms with van der Waals surface area (Å²) < 4.78 is 22.9. The summed E-state index contributed by atoms with van der Waals surface area (Å²) in [5, 5.41) is 6.00. The molecule has 0 aliphatic heterocycles. The van der Waals surface area contributed by atoms with Gasteiger partial charge in [-0.1, -0.05) is 11.2 Å². The molecule has 6 nitrogen and oxygen atoms in total. The Bertz CT molecular complexity index is 681. The predicted molar refractivity (Wildman–Crippen MR) is 71.5 cm³/mol. The van der Waals surface area contributed by atoms with Crippen molar-refractivity contribution in [3.63, 3.8) is 0 Å². The quantitative estimate of drug-likeness (QED) is 0.876. The van der Waals surface area contributed by atoms with Crippen LogP contribution >= 0.6 is 0 Å². The van der Waals surface area contributed by atoms with Gasteiger partial charge in [-0.3, -0.25) is 10.1 Å². The number of amides is 1. The standard InChI is InChI=1S/C14H13FN2O4/c1-3-20-14(19)11-8(2)17-21-13(11)16-12(18)9-5-4-6-10(15)7-9/h4-7H,3H2,1-2H3,(H,16,18). The summed E-state index contributed by atoms with van der Waals surface area (Å²) in [4.78, 5) is 23.8. The molecule has 0 atom stereocenters. The van der Waals surface area contributed by atoms with Gasteiger partial charge < -0.3 is 9.26 Å². The number of nitrogens with one attached hydrogen (secondary N) is 1. The second kappa shape index (κ2) is 6.17. The Morgan fingerprint density at radius 2 is 2.19 bits per heavy atom. The van der Waals surface area contributed by atoms with Crippen molar-refractivity contribution in [1.82, 2.24) is 5.16 Å². The number of benzene rings is 1. The second-order valence-electron chi connectivity index (χ2n) is 4.16. The van der Waals surface area contributed by atoms with Crippen molar-refractivity contribution >= 4 is 17.8 Å². The number of ether oxygens (including phenoxy) is 1. The van der Waals surface area contributed by atoms with E-state index in [0.29, 0.717) is 5.69 Å². The van der Waals surface area contributed by atoms with Gasteiger partial charge in [-0.25, -0.2) is 9.18 Å². The maximum absolute atomic E-state index is 13.1. The minimum Gasteiger partial charge on any atom is -0.462 e. The monoisotopic (exact) mass is 292 g/mol. The zero-order valence-electron chi connectivity index (χ0n) is 11.5. The van der Waals surface area contributed by atoms with Crippen LogP contribution in [0.5, 0.6) is 0 Å². The van der Waals surface area contributed by atoms with Crippen LogP contribution in [-0.2, 0) is 4.74 Å². The number of carbonyl (C=O) groups is 2. The highest BCUT2D eigenvalue weighted by molar-refractivity contribution is 6.07. The Kier molecular flexibility index (Phi) is 4.32. The molecule has 21 heavy (non-hydrogen) atoms. The van der Waals surface area contributed by atoms with Gasteiger partial charge in [-0.05, 0) is 32.0 Å². The molecule has 2 rings (SSSR count). The van der Waals surface area contributed by atoms with Gasteiger partial charge >= 0.3 is 5.97 Å². The maximum Gasteiger partial charge on any atom is 0.345 e. The van der Waals surface area contributed by atoms with Gasteiger partial charge in [0.1, 0.15) is 11.4 Å². The van der Waals surface area contributed by atoms with Crippen LogP contribution in [0.3, 0.4) is 0 Å². The van der Waals surface area contributed by atoms with Crippen LogP contribution in [0.4, 0.5) is 10.3 Å². The number of hydrogen-bond acceptors (Lipinski definition) is 5. The van der Waals surface area contributed by atoms with E-state index in [-0.39, 0.29) is 23.6 Å². The summed E-state index contributed by atoms with van der Waals surface area (Å²) in [7, 11) is 0. The van der Waals surface area contributed by atoms with Crippen LogP contribution < -0.4 is 5.32 Å². The number of halogens is 1. The molecule has 0 aliphatic carbocycles. The second-order valence-corrected chi connectivity index (χ2v) is 4.16. The Balaban J connectivity index is 2.24. The summed E-state index contributed by atoms with van der Waals surface area (Å²) in [6.45, 7) is 3.39. The van der Waals surface area contributed by atoms with Crippen LogP contribution in [0.2, 0.25) is 0 Å². The third-order valence-electron chi connectivity index (χ3n) is 2.66. The van der Waals surface area contributed by atoms with E-state index in [1.165, 1.54) is 18.2 Å². The van der Waals surface area contributed by atoms with Crippen molar-refractivity contribution in [2.24, 2.45) is 0 Å². The number of carbonyl (C=O) groups excluding carboxylic acids is 2. The fourth-order valence-electron chi connectivity index (χ4n) is 1.70. The molecule has 2 aromatic rings. The largest absolute Gasteiger partial charge is 0.462 e. The van der Waals surface area contributed by atoms with E-state index in [9.17, 15) is 14.0 Å². The summed E-state index contributed by atoms with van der Waals surface area (Å²) in [6.07, 6.45) is 0. The van der Waals surface area contributed by atoms with Gasteiger partial charge in [-0.2, -0.15) is 0 Å². The average Bonchev–Trinajstić information content (AvgIpc) is 2.80. The van der Waals surface area contributed by atoms with Crippen LogP contribution in [0, 0.1) is 12.7 Å². The number of anilines is 1. The molecule has 1 aromatic carbocycles. The fourth-order valence-corrected chi connectivity index (χ4v) is 1.70. The van der Waals surface area contributed by atoms with E-state index < -0.39 is 17.7 Å². The molecular weight excluding hydrogens is 279 g/mol. The maximum atomic E-state index is 13.1. The number of esters is 1. The zero-order chi connectivity index (χ0) is 15.4. The first-order valence-corrected chi connectivity index (χ1v) is 6.23. The van der Waals surface area contributed by atoms with Crippen molar-refractivity contribution in [2.45, 2.75) is 13.8 Å². The molecule has 1 aromatic heterocycles. The van der Waals surface area contributed by atoms with Crippen molar-refractivity contribution < 1.29 is 23.2 Å². The Morgan fingerprint density at radius 1 is 1.43 bits per heavy atom. The Labute approximate surface area is 119 Å². The molecule has 0 saturated carbocycles. The normalized spacial score (nSPS) is 10.2. The smallest absolute Gasteiger partial charge is 0.345 e. The molecule has 0 unspecified atom stereocenters. The van der Waals surface area contributed by atoms with Crippen LogP contribution in [0.25, 0.3) is 0 Å². The first-order valence-electron chi connectivity index (χ1n) is 6.23. The molecule has 110 valence electrons. The third-order valence-corrected chi connectivity index (χ3v) is 2.66. The molecule has 7 heteroatoms. The molecule has 0 fully saturated rings. The lowest BCUT2D eigenvalue weighted by molar-refractivity contribution is 0.0526. The molecular formula is C14H13FN2O4. The number of hydrogen-bond donors (Lipinski definition) is 1. The third kappa shape index (κ3) is 3.25. The van der Waals surface area contributed by atoms with E-state index in [1.54, 1.807) is 13.8 Å². The zero-order valence-corrected chi connectivity index (χ0v) is 11.5. The number of aromatic nitrogens is 1. The minimum atomic E-state index is -0.647. The molecule has 0 bridgehead atoms. The SMILES string of the molecule is CCOC(=O)c1c(C)noc1NC(=O)c1cccc(F)c1. The van der Waals surface area contributed by atoms with Crippen LogP contribution in [0.15, 0.2) is 28.8 Å². The summed E-state index contributed by atoms with van der Waals surface area (Å²) >= 11 is 0. The lowest BCUT2D eigenvalue weighted by atomic mass is 10.2. The molecule has 0 spiro atoms. The number of rotatable bonds is 4. The van der Waals surface area contributed by atoms with Crippen molar-refractivity contribution in [2.75, 3.05) is 11.9 Å². The van der Waals surface area contributed by atoms with Gasteiger partial charge in [-0.15, -0.1) is 0 Å². The van der Waals surface area contributed by atoms with Gasteiger partial charge in [0.15, 0.2) is 0 Å². The highest BCUT2D eigenvalue weighted by Gasteiger charge is 2.23. The molecule has 0 aliphatic rings. The predicted octanol–water partition coefficient (Wildman–Crippen LogP) is 2.55. The van der Waals surface area contributed by atoms with E-state index in [1.807, 2.05) is 0 Å². The summed E-state index contributed by atoms with van der Waals surface area (Å²) in [6, 6.07) is 5.13. The van der Waals surface area contributed by atoms with Gasteiger partial charge in [0.2, 0.25) is 5.88 Å². The first kappa shape index (κ1) is 14.7. The molecule has 0 radical (unpaired) electrons. The van der Waals surface area contributed by atoms with E-state index in [2.05, 4.69) is 10.5 Å². The topological polar surface area (TPSA) is 81.4 Å². The Morgan fingerprint density at radius 3 is 2.86 bits per heavy atom. The van der Waals surface area contributed by atoms with E-state index >= 15 is 0 Å². The summed E-state index contributed by atoms with van der Waals surface area (Å²) in [5.41, 5.74) is 0.434. The van der Waals surface area contributed by atoms with Crippen molar-refractivity contribution in [3.05, 3.63) is 46.9 Å². The van der Waals surface area contributed by atoms with E-state index in [0.717, 1.165) is 6.07 Å². The van der Waals surface area contributed by atoms with Crippen LogP contribution in [0.1, 0.15) is 33.3 Å². The lowest BCUT2D eigenvalue weighted by Crippen LogP contribution is -2.15. The minimum absolute atomic E-state index is 0.0432. The highest BCUT2D eigenvalue weighted by atomic mass is 19.1. The highest BCUT2D eigenvalue weighted by Crippen LogP contribution is 2.21. The molecule has 1 amide bonds. The molecule has 0 saturated heterocycles. The van der Waals surface area contributed by atoms with Crippen LogP contribution in [-0.4, -0.2) is 23.6 Å². The van der Waals surface area contributed by atoms with Gasteiger partial charge in [0.05, 0.1) is 12.3 Å². The van der Waals surface area contributed by atoms with Gasteiger partial charge in [0, 0.05) is 5.56 Å². The van der Waals surface area contributed by atoms with Gasteiger partial charge in [0.25, 0.3) is 5.91 Å². The van der Waals surface area contributed by atoms with Crippen molar-refractivity contribution in [3.8, 4) is 0 Å². The first-order chi connectivity index (χ1) is 10.0. The molecule has 1 heterocycles. The average molecular weight is 292 g/mol. The fraction of sp³-hybridized carbons (Fsp3) is 0.214. The number of nitrogens with zero attached hydrogens (tertiary/aromatic N) is 1. The van der Waals surface area contributed by atoms with Crippen molar-refractivity contribution in [1.29, 1.82) is 0 Å². The van der Waals surface area contributed by atoms with E-state index in [4.69, 9.17) is 9.26 Å². The Hall–Kier alpha value is -2.70. The number of aryl methyl sites for hydroxylation is 1. The lowest BCUT2D eigenvalue weighted by Gasteiger charge is -2.04.